The van der Waals surface area contributed by atoms with Crippen molar-refractivity contribution < 1.29 is 4.79 Å². The molecule has 0 bridgehead atoms. The lowest BCUT2D eigenvalue weighted by molar-refractivity contribution is 0.102. The standard InChI is InChI=1S/C11H10BrN3O/c12-7-8-1-3-9(4-2-8)11(16)14-10-5-6-13-15-10/h1-6H,7H2,(H2,13,14,15,16). The van der Waals surface area contributed by atoms with Crippen molar-refractivity contribution >= 4 is 27.7 Å². The average molecular weight is 280 g/mol. The van der Waals surface area contributed by atoms with Crippen molar-refractivity contribution in [3.63, 3.8) is 0 Å². The maximum Gasteiger partial charge on any atom is 0.256 e. The van der Waals surface area contributed by atoms with Crippen LogP contribution < -0.4 is 5.32 Å². The van der Waals surface area contributed by atoms with E-state index in [0.717, 1.165) is 10.9 Å². The zero-order valence-corrected chi connectivity index (χ0v) is 9.99. The third kappa shape index (κ3) is 2.49. The summed E-state index contributed by atoms with van der Waals surface area (Å²) in [5.41, 5.74) is 1.76. The number of rotatable bonds is 3. The van der Waals surface area contributed by atoms with Gasteiger partial charge in [0.25, 0.3) is 5.91 Å². The molecule has 1 amide bonds. The summed E-state index contributed by atoms with van der Waals surface area (Å²) in [4.78, 5) is 11.7. The minimum atomic E-state index is -0.148. The van der Waals surface area contributed by atoms with Gasteiger partial charge in [0.2, 0.25) is 0 Å². The number of hydrogen-bond acceptors (Lipinski definition) is 2. The van der Waals surface area contributed by atoms with Gasteiger partial charge in [0.1, 0.15) is 5.82 Å². The lowest BCUT2D eigenvalue weighted by atomic mass is 10.1. The van der Waals surface area contributed by atoms with Crippen molar-refractivity contribution in [1.29, 1.82) is 0 Å². The molecule has 0 unspecified atom stereocenters. The van der Waals surface area contributed by atoms with Crippen LogP contribution >= 0.6 is 15.9 Å². The van der Waals surface area contributed by atoms with E-state index < -0.39 is 0 Å². The molecular formula is C11H10BrN3O. The van der Waals surface area contributed by atoms with Crippen molar-refractivity contribution in [2.24, 2.45) is 0 Å². The van der Waals surface area contributed by atoms with Gasteiger partial charge in [0, 0.05) is 17.0 Å². The molecule has 1 aromatic heterocycles. The van der Waals surface area contributed by atoms with Crippen LogP contribution in [0.15, 0.2) is 36.5 Å². The number of nitrogens with zero attached hydrogens (tertiary/aromatic N) is 1. The van der Waals surface area contributed by atoms with Gasteiger partial charge in [-0.25, -0.2) is 0 Å². The average Bonchev–Trinajstić information content (AvgIpc) is 2.82. The van der Waals surface area contributed by atoms with Gasteiger partial charge in [-0.15, -0.1) is 0 Å². The van der Waals surface area contributed by atoms with E-state index in [1.807, 2.05) is 12.1 Å². The number of H-pyrrole nitrogens is 1. The third-order valence-electron chi connectivity index (χ3n) is 2.12. The highest BCUT2D eigenvalue weighted by Crippen LogP contribution is 2.09. The van der Waals surface area contributed by atoms with Gasteiger partial charge in [-0.05, 0) is 17.7 Å². The van der Waals surface area contributed by atoms with E-state index >= 15 is 0 Å². The van der Waals surface area contributed by atoms with Crippen LogP contribution in [0.3, 0.4) is 0 Å². The number of nitrogens with one attached hydrogen (secondary N) is 2. The third-order valence-corrected chi connectivity index (χ3v) is 2.77. The van der Waals surface area contributed by atoms with Gasteiger partial charge in [-0.1, -0.05) is 28.1 Å². The topological polar surface area (TPSA) is 57.8 Å². The van der Waals surface area contributed by atoms with Crippen molar-refractivity contribution in [3.05, 3.63) is 47.7 Å². The van der Waals surface area contributed by atoms with Gasteiger partial charge < -0.3 is 5.32 Å². The molecule has 1 aromatic carbocycles. The Morgan fingerprint density at radius 3 is 2.62 bits per heavy atom. The molecule has 0 aliphatic carbocycles. The van der Waals surface area contributed by atoms with E-state index in [4.69, 9.17) is 0 Å². The van der Waals surface area contributed by atoms with Crippen molar-refractivity contribution in [1.82, 2.24) is 10.2 Å². The Balaban J connectivity index is 2.09. The number of aromatic nitrogens is 2. The Bertz CT molecular complexity index is 464. The lowest BCUT2D eigenvalue weighted by Gasteiger charge is -2.02. The summed E-state index contributed by atoms with van der Waals surface area (Å²) in [6, 6.07) is 9.11. The number of benzene rings is 1. The summed E-state index contributed by atoms with van der Waals surface area (Å²) in [6.45, 7) is 0. The predicted octanol–water partition coefficient (Wildman–Crippen LogP) is 2.56. The SMILES string of the molecule is O=C(Nc1ccn[nH]1)c1ccc(CBr)cc1. The summed E-state index contributed by atoms with van der Waals surface area (Å²) < 4.78 is 0. The van der Waals surface area contributed by atoms with Crippen LogP contribution in [0.5, 0.6) is 0 Å². The van der Waals surface area contributed by atoms with Gasteiger partial charge in [-0.3, -0.25) is 9.89 Å². The fourth-order valence-electron chi connectivity index (χ4n) is 1.27. The van der Waals surface area contributed by atoms with E-state index in [9.17, 15) is 4.79 Å². The quantitative estimate of drug-likeness (QED) is 0.849. The van der Waals surface area contributed by atoms with Gasteiger partial charge in [0.05, 0.1) is 6.20 Å². The Morgan fingerprint density at radius 2 is 2.06 bits per heavy atom. The maximum atomic E-state index is 11.7. The summed E-state index contributed by atoms with van der Waals surface area (Å²) >= 11 is 3.35. The molecule has 2 N–H and O–H groups in total. The van der Waals surface area contributed by atoms with E-state index in [-0.39, 0.29) is 5.91 Å². The molecule has 0 aliphatic rings. The molecule has 4 nitrogen and oxygen atoms in total. The van der Waals surface area contributed by atoms with Crippen LogP contribution in [0.1, 0.15) is 15.9 Å². The van der Waals surface area contributed by atoms with Crippen LogP contribution in [0.25, 0.3) is 0 Å². The van der Waals surface area contributed by atoms with Crippen molar-refractivity contribution in [2.45, 2.75) is 5.33 Å². The first-order valence-corrected chi connectivity index (χ1v) is 5.87. The molecule has 0 atom stereocenters. The van der Waals surface area contributed by atoms with Gasteiger partial charge in [0.15, 0.2) is 0 Å². The minimum Gasteiger partial charge on any atom is -0.307 e. The second-order valence-corrected chi connectivity index (χ2v) is 3.82. The Labute approximate surface area is 101 Å². The molecule has 1 heterocycles. The molecule has 0 spiro atoms. The Morgan fingerprint density at radius 1 is 1.31 bits per heavy atom. The normalized spacial score (nSPS) is 10.1. The number of carbonyl (C=O) groups excluding carboxylic acids is 1. The molecule has 0 saturated heterocycles. The first-order chi connectivity index (χ1) is 7.79. The highest BCUT2D eigenvalue weighted by molar-refractivity contribution is 9.08. The van der Waals surface area contributed by atoms with Gasteiger partial charge in [-0.2, -0.15) is 5.10 Å². The fraction of sp³-hybridized carbons (Fsp3) is 0.0909. The molecule has 2 rings (SSSR count). The van der Waals surface area contributed by atoms with Crippen LogP contribution in [-0.4, -0.2) is 16.1 Å². The first kappa shape index (κ1) is 10.9. The smallest absolute Gasteiger partial charge is 0.256 e. The highest BCUT2D eigenvalue weighted by Gasteiger charge is 2.05. The molecular weight excluding hydrogens is 270 g/mol. The number of aromatic amines is 1. The first-order valence-electron chi connectivity index (χ1n) is 4.75. The molecule has 82 valence electrons. The maximum absolute atomic E-state index is 11.7. The van der Waals surface area contributed by atoms with Crippen molar-refractivity contribution in [2.75, 3.05) is 5.32 Å². The van der Waals surface area contributed by atoms with Crippen molar-refractivity contribution in [3.8, 4) is 0 Å². The molecule has 0 saturated carbocycles. The molecule has 16 heavy (non-hydrogen) atoms. The Hall–Kier alpha value is -1.62. The van der Waals surface area contributed by atoms with Crippen LogP contribution in [0, 0.1) is 0 Å². The summed E-state index contributed by atoms with van der Waals surface area (Å²) in [5, 5.41) is 9.92. The highest BCUT2D eigenvalue weighted by atomic mass is 79.9. The minimum absolute atomic E-state index is 0.148. The van der Waals surface area contributed by atoms with Gasteiger partial charge >= 0.3 is 0 Å². The number of anilines is 1. The monoisotopic (exact) mass is 279 g/mol. The van der Waals surface area contributed by atoms with Crippen LogP contribution in [-0.2, 0) is 5.33 Å². The summed E-state index contributed by atoms with van der Waals surface area (Å²) in [6.07, 6.45) is 1.59. The molecule has 5 heteroatoms. The van der Waals surface area contributed by atoms with E-state index in [1.165, 1.54) is 0 Å². The Kier molecular flexibility index (Phi) is 3.36. The number of alkyl halides is 1. The van der Waals surface area contributed by atoms with Crippen LogP contribution in [0.2, 0.25) is 0 Å². The van der Waals surface area contributed by atoms with E-state index in [0.29, 0.717) is 11.4 Å². The predicted molar refractivity (Wildman–Crippen MR) is 65.6 cm³/mol. The molecule has 0 aliphatic heterocycles. The zero-order chi connectivity index (χ0) is 11.4. The second-order valence-electron chi connectivity index (χ2n) is 3.25. The summed E-state index contributed by atoms with van der Waals surface area (Å²) in [7, 11) is 0. The molecule has 2 aromatic rings. The molecule has 0 radical (unpaired) electrons. The number of carbonyl (C=O) groups is 1. The second kappa shape index (κ2) is 4.94. The lowest BCUT2D eigenvalue weighted by Crippen LogP contribution is -2.12. The molecule has 0 fully saturated rings. The number of halogens is 1. The fourth-order valence-corrected chi connectivity index (χ4v) is 1.64. The van der Waals surface area contributed by atoms with E-state index in [1.54, 1.807) is 24.4 Å². The number of hydrogen-bond donors (Lipinski definition) is 2. The zero-order valence-electron chi connectivity index (χ0n) is 8.40. The number of amides is 1. The van der Waals surface area contributed by atoms with E-state index in [2.05, 4.69) is 31.4 Å². The van der Waals surface area contributed by atoms with Crippen LogP contribution in [0.4, 0.5) is 5.82 Å². The summed E-state index contributed by atoms with van der Waals surface area (Å²) in [5.74, 6) is 0.444. The largest absolute Gasteiger partial charge is 0.307 e.